The lowest BCUT2D eigenvalue weighted by Crippen LogP contribution is -2.48. The first kappa shape index (κ1) is 26.3. The smallest absolute Gasteiger partial charge is 0.396 e. The lowest BCUT2D eigenvalue weighted by molar-refractivity contribution is -0.275. The van der Waals surface area contributed by atoms with Gasteiger partial charge in [0.25, 0.3) is 0 Å². The van der Waals surface area contributed by atoms with Crippen LogP contribution < -0.4 is 10.6 Å². The van der Waals surface area contributed by atoms with E-state index in [-0.39, 0.29) is 36.5 Å². The van der Waals surface area contributed by atoms with Crippen LogP contribution in [0.4, 0.5) is 33.7 Å². The Balaban J connectivity index is 1.78. The third-order valence-electron chi connectivity index (χ3n) is 6.08. The minimum atomic E-state index is -5.77. The van der Waals surface area contributed by atoms with E-state index in [0.717, 1.165) is 4.70 Å². The number of hydrogen-bond donors (Lipinski definition) is 5. The second-order valence-electron chi connectivity index (χ2n) is 8.65. The molecule has 1 aliphatic rings. The van der Waals surface area contributed by atoms with E-state index in [1.54, 1.807) is 19.2 Å². The molecule has 0 amide bonds. The molecule has 4 rings (SSSR count). The molecule has 3 atom stereocenters. The summed E-state index contributed by atoms with van der Waals surface area (Å²) in [6.07, 6.45) is -5.29. The van der Waals surface area contributed by atoms with Crippen LogP contribution >= 0.6 is 11.3 Å². The number of nitrogens with zero attached hydrogens (tertiary/aromatic N) is 4. The predicted molar refractivity (Wildman–Crippen MR) is 122 cm³/mol. The summed E-state index contributed by atoms with van der Waals surface area (Å²) in [5.41, 5.74) is -0.285. The lowest BCUT2D eigenvalue weighted by atomic mass is 10.0. The van der Waals surface area contributed by atoms with E-state index in [4.69, 9.17) is 0 Å². The number of halogens is 5. The second-order valence-corrected chi connectivity index (χ2v) is 9.68. The maximum Gasteiger partial charge on any atom is 0.455 e. The molecule has 1 fully saturated rings. The molecule has 3 heterocycles. The molecule has 3 aromatic rings. The van der Waals surface area contributed by atoms with Gasteiger partial charge in [0.1, 0.15) is 22.4 Å². The molecule has 0 bridgehead atoms. The Bertz CT molecular complexity index is 1270. The van der Waals surface area contributed by atoms with Crippen molar-refractivity contribution in [2.24, 2.45) is 5.92 Å². The minimum absolute atomic E-state index is 0.0136. The van der Waals surface area contributed by atoms with Crippen LogP contribution in [0.1, 0.15) is 24.2 Å². The van der Waals surface area contributed by atoms with Crippen LogP contribution in [0.2, 0.25) is 0 Å². The average molecular weight is 535 g/mol. The number of rotatable bonds is 7. The zero-order valence-electron chi connectivity index (χ0n) is 19.1. The van der Waals surface area contributed by atoms with Gasteiger partial charge in [0.15, 0.2) is 5.72 Å². The van der Waals surface area contributed by atoms with Gasteiger partial charge in [-0.25, -0.2) is 9.97 Å². The van der Waals surface area contributed by atoms with Gasteiger partial charge in [-0.1, -0.05) is 0 Å². The lowest BCUT2D eigenvalue weighted by Gasteiger charge is -2.31. The molecule has 3 aromatic heterocycles. The first-order valence-electron chi connectivity index (χ1n) is 10.8. The molecule has 196 valence electrons. The highest BCUT2D eigenvalue weighted by molar-refractivity contribution is 7.21. The monoisotopic (exact) mass is 534 g/mol. The van der Waals surface area contributed by atoms with Gasteiger partial charge in [-0.2, -0.15) is 26.9 Å². The topological polar surface area (TPSA) is 136 Å². The van der Waals surface area contributed by atoms with Gasteiger partial charge >= 0.3 is 12.1 Å². The predicted octanol–water partition coefficient (Wildman–Crippen LogP) is 3.24. The number of aryl methyl sites for hydroxylation is 2. The molecular weight excluding hydrogens is 511 g/mol. The number of thiazole rings is 1. The van der Waals surface area contributed by atoms with E-state index in [0.29, 0.717) is 16.2 Å². The summed E-state index contributed by atoms with van der Waals surface area (Å²) >= 11 is 1.24. The second kappa shape index (κ2) is 9.28. The quantitative estimate of drug-likeness (QED) is 0.229. The molecule has 5 N–H and O–H groups in total. The molecule has 1 saturated carbocycles. The van der Waals surface area contributed by atoms with Crippen LogP contribution in [0.5, 0.6) is 0 Å². The van der Waals surface area contributed by atoms with Crippen molar-refractivity contribution in [2.45, 2.75) is 50.6 Å². The molecule has 3 unspecified atom stereocenters. The van der Waals surface area contributed by atoms with Crippen molar-refractivity contribution in [1.29, 1.82) is 0 Å². The normalized spacial score (nSPS) is 22.8. The number of aromatic nitrogens is 4. The first-order chi connectivity index (χ1) is 16.8. The number of aliphatic hydroxyl groups excluding tert-OH is 2. The van der Waals surface area contributed by atoms with Crippen LogP contribution in [0.3, 0.4) is 0 Å². The summed E-state index contributed by atoms with van der Waals surface area (Å²) in [5, 5.41) is 36.1. The average Bonchev–Trinajstić information content (AvgIpc) is 3.33. The minimum Gasteiger partial charge on any atom is -0.396 e. The van der Waals surface area contributed by atoms with Crippen molar-refractivity contribution in [2.75, 3.05) is 23.8 Å². The van der Waals surface area contributed by atoms with E-state index >= 15 is 0 Å². The van der Waals surface area contributed by atoms with Crippen molar-refractivity contribution in [3.8, 4) is 10.6 Å². The number of alkyl halides is 5. The molecule has 15 heteroatoms. The van der Waals surface area contributed by atoms with E-state index in [2.05, 4.69) is 25.3 Å². The summed E-state index contributed by atoms with van der Waals surface area (Å²) in [4.78, 5) is 16.9. The number of nitrogens with one attached hydrogen (secondary N) is 2. The van der Waals surface area contributed by atoms with E-state index in [1.807, 2.05) is 5.32 Å². The first-order valence-corrected chi connectivity index (χ1v) is 11.7. The fourth-order valence-corrected chi connectivity index (χ4v) is 5.12. The zero-order chi connectivity index (χ0) is 26.5. The van der Waals surface area contributed by atoms with E-state index in [9.17, 15) is 37.3 Å². The van der Waals surface area contributed by atoms with Crippen molar-refractivity contribution < 1.29 is 37.3 Å². The Morgan fingerprint density at radius 2 is 1.86 bits per heavy atom. The van der Waals surface area contributed by atoms with Gasteiger partial charge in [-0.05, 0) is 32.8 Å². The van der Waals surface area contributed by atoms with Crippen LogP contribution in [-0.2, 0) is 0 Å². The van der Waals surface area contributed by atoms with Crippen LogP contribution in [0, 0.1) is 19.8 Å². The van der Waals surface area contributed by atoms with Crippen LogP contribution in [0.15, 0.2) is 12.3 Å². The maximum absolute atomic E-state index is 13.5. The summed E-state index contributed by atoms with van der Waals surface area (Å²) in [5.74, 6) is -6.35. The molecule has 9 nitrogen and oxygen atoms in total. The number of fused-ring (bicyclic) bond motifs is 1. The SMILES string of the molecule is Cc1nc(NCC(F)(F)C(F)(F)F)nc(NC2(O)CCC(CO)C2O)c1-c1nc2c(C)nccc2s1. The zero-order valence-corrected chi connectivity index (χ0v) is 19.9. The van der Waals surface area contributed by atoms with Gasteiger partial charge in [0.2, 0.25) is 5.95 Å². The third kappa shape index (κ3) is 4.79. The molecule has 36 heavy (non-hydrogen) atoms. The molecular formula is C21H23F5N6O3S. The Labute approximate surface area is 205 Å². The molecule has 0 spiro atoms. The molecule has 0 aliphatic heterocycles. The van der Waals surface area contributed by atoms with Crippen molar-refractivity contribution >= 4 is 33.3 Å². The van der Waals surface area contributed by atoms with Crippen molar-refractivity contribution in [3.05, 3.63) is 23.7 Å². The summed E-state index contributed by atoms with van der Waals surface area (Å²) in [6.45, 7) is 1.05. The van der Waals surface area contributed by atoms with Crippen LogP contribution in [0.25, 0.3) is 20.8 Å². The molecule has 1 aliphatic carbocycles. The Hall–Kier alpha value is -2.75. The van der Waals surface area contributed by atoms with E-state index in [1.165, 1.54) is 18.3 Å². The number of hydrogen-bond acceptors (Lipinski definition) is 10. The number of pyridine rings is 1. The van der Waals surface area contributed by atoms with Gasteiger partial charge in [-0.15, -0.1) is 11.3 Å². The highest BCUT2D eigenvalue weighted by Crippen LogP contribution is 2.41. The summed E-state index contributed by atoms with van der Waals surface area (Å²) in [6, 6.07) is 1.74. The van der Waals surface area contributed by atoms with Crippen molar-refractivity contribution in [1.82, 2.24) is 19.9 Å². The van der Waals surface area contributed by atoms with Gasteiger partial charge in [-0.3, -0.25) is 4.98 Å². The largest absolute Gasteiger partial charge is 0.455 e. The molecule has 0 radical (unpaired) electrons. The van der Waals surface area contributed by atoms with Gasteiger partial charge < -0.3 is 26.0 Å². The van der Waals surface area contributed by atoms with Gasteiger partial charge in [0.05, 0.1) is 28.2 Å². The third-order valence-corrected chi connectivity index (χ3v) is 7.12. The fourth-order valence-electron chi connectivity index (χ4n) is 4.01. The molecule has 0 aromatic carbocycles. The number of aliphatic hydroxyl groups is 3. The standard InChI is InChI=1S/C21H23F5N6O3S/c1-9-13(17-30-14-10(2)27-6-4-12(14)36-17)16(32-19(35)5-3-11(7-33)15(19)34)31-18(29-9)28-8-20(22,23)21(24,25)26/h4,6,11,15,33-35H,3,5,7-8H2,1-2H3,(H2,28,29,31,32). The maximum atomic E-state index is 13.5. The highest BCUT2D eigenvalue weighted by atomic mass is 32.1. The Morgan fingerprint density at radius 3 is 2.47 bits per heavy atom. The summed E-state index contributed by atoms with van der Waals surface area (Å²) in [7, 11) is 0. The summed E-state index contributed by atoms with van der Waals surface area (Å²) < 4.78 is 65.5. The van der Waals surface area contributed by atoms with Gasteiger partial charge in [0, 0.05) is 18.7 Å². The Morgan fingerprint density at radius 1 is 1.14 bits per heavy atom. The van der Waals surface area contributed by atoms with Crippen molar-refractivity contribution in [3.63, 3.8) is 0 Å². The highest BCUT2D eigenvalue weighted by Gasteiger charge is 2.57. The Kier molecular flexibility index (Phi) is 6.79. The fraction of sp³-hybridized carbons (Fsp3) is 0.524. The van der Waals surface area contributed by atoms with E-state index < -0.39 is 42.3 Å². The van der Waals surface area contributed by atoms with Crippen LogP contribution in [-0.4, -0.2) is 72.3 Å². The molecule has 0 saturated heterocycles. The number of anilines is 2.